The number of anilines is 7. The van der Waals surface area contributed by atoms with Gasteiger partial charge in [0.25, 0.3) is 10.1 Å². The number of amidine groups is 1. The van der Waals surface area contributed by atoms with Crippen LogP contribution in [0, 0.1) is 6.08 Å². The Morgan fingerprint density at radius 2 is 1.35 bits per heavy atom. The van der Waals surface area contributed by atoms with E-state index in [1.165, 1.54) is 36.4 Å². The van der Waals surface area contributed by atoms with Crippen LogP contribution in [0.2, 0.25) is 5.28 Å². The van der Waals surface area contributed by atoms with Crippen molar-refractivity contribution in [3.63, 3.8) is 0 Å². The topological polar surface area (TPSA) is 425 Å². The Balaban J connectivity index is 1.18. The molecule has 0 bridgehead atoms. The van der Waals surface area contributed by atoms with Gasteiger partial charge in [-0.1, -0.05) is 30.3 Å². The summed E-state index contributed by atoms with van der Waals surface area (Å²) in [5.41, 5.74) is 1.62. The first kappa shape index (κ1) is 51.3. The molecule has 6 rings (SSSR count). The number of rotatable bonds is 20. The number of carbonyl (C=O) groups is 1. The summed E-state index contributed by atoms with van der Waals surface area (Å²) in [6.07, 6.45) is -1.00. The second-order valence-corrected chi connectivity index (χ2v) is 19.6. The maximum atomic E-state index is 14.7. The Labute approximate surface area is 395 Å². The molecule has 0 spiro atoms. The predicted molar refractivity (Wildman–Crippen MR) is 245 cm³/mol. The van der Waals surface area contributed by atoms with Crippen molar-refractivity contribution >= 4 is 119 Å². The number of azo groups is 1. The third-order valence-electron chi connectivity index (χ3n) is 8.31. The van der Waals surface area contributed by atoms with Gasteiger partial charge in [-0.3, -0.25) is 19.3 Å². The minimum absolute atomic E-state index is 0.0745. The largest absolute Gasteiger partial charge is 0.504 e. The number of carbonyl (C=O) groups excluding carboxylic acids is 1. The van der Waals surface area contributed by atoms with Gasteiger partial charge in [0, 0.05) is 16.8 Å². The van der Waals surface area contributed by atoms with Crippen LogP contribution >= 0.6 is 22.5 Å². The molecular weight excluding hydrogens is 1020 g/mol. The van der Waals surface area contributed by atoms with E-state index in [4.69, 9.17) is 16.2 Å². The highest BCUT2D eigenvalue weighted by atomic mass is 35.5. The van der Waals surface area contributed by atoms with E-state index in [1.54, 1.807) is 18.2 Å². The van der Waals surface area contributed by atoms with Crippen molar-refractivity contribution in [2.45, 2.75) is 14.7 Å². The first-order valence-corrected chi connectivity index (χ1v) is 24.7. The molecule has 35 heteroatoms. The first-order valence-electron chi connectivity index (χ1n) is 18.4. The van der Waals surface area contributed by atoms with Gasteiger partial charge in [-0.25, -0.2) is 12.6 Å². The number of phenolic OH excluding ortho intramolecular Hbond substituents is 1. The van der Waals surface area contributed by atoms with Crippen molar-refractivity contribution in [3.05, 3.63) is 107 Å². The van der Waals surface area contributed by atoms with Crippen molar-refractivity contribution < 1.29 is 66.5 Å². The monoisotopic (exact) mass is 1050 g/mol. The molecule has 0 amide bonds. The molecule has 0 saturated carbocycles. The summed E-state index contributed by atoms with van der Waals surface area (Å²) in [7, 11) is -17.1. The molecule has 0 atom stereocenters. The zero-order chi connectivity index (χ0) is 50.1. The van der Waals surface area contributed by atoms with Crippen LogP contribution in [0.25, 0.3) is 0 Å². The predicted octanol–water partition coefficient (Wildman–Crippen LogP) is 4.89. The summed E-state index contributed by atoms with van der Waals surface area (Å²) in [5.74, 6) is -3.27. The zero-order valence-electron chi connectivity index (χ0n) is 34.0. The van der Waals surface area contributed by atoms with E-state index >= 15 is 0 Å². The Morgan fingerprint density at radius 1 is 0.739 bits per heavy atom. The lowest BCUT2D eigenvalue weighted by molar-refractivity contribution is 0.112. The molecule has 28 nitrogen and oxygen atoms in total. The quantitative estimate of drug-likeness (QED) is 0.00708. The highest BCUT2D eigenvalue weighted by molar-refractivity contribution is 8.19. The molecule has 0 aliphatic heterocycles. The Morgan fingerprint density at radius 3 is 1.99 bits per heavy atom. The summed E-state index contributed by atoms with van der Waals surface area (Å²) in [6, 6.07) is 17.7. The number of halogens is 2. The minimum atomic E-state index is -5.02. The average molecular weight is 1050 g/mol. The molecule has 0 aliphatic carbocycles. The van der Waals surface area contributed by atoms with Crippen LogP contribution in [0.1, 0.15) is 15.9 Å². The van der Waals surface area contributed by atoms with Crippen molar-refractivity contribution in [2.75, 3.05) is 38.9 Å². The lowest BCUT2D eigenvalue weighted by atomic mass is 10.2. The van der Waals surface area contributed by atoms with Gasteiger partial charge in [0.2, 0.25) is 34.9 Å². The number of aromatic nitrogens is 6. The number of hydrazone groups is 1. The molecule has 0 unspecified atom stereocenters. The molecule has 0 fully saturated rings. The van der Waals surface area contributed by atoms with Crippen LogP contribution in [0.3, 0.4) is 0 Å². The van der Waals surface area contributed by atoms with Crippen LogP contribution in [0.5, 0.6) is 5.75 Å². The second kappa shape index (κ2) is 21.5. The highest BCUT2D eigenvalue weighted by Crippen LogP contribution is 2.45. The maximum Gasteiger partial charge on any atom is 0.397 e. The van der Waals surface area contributed by atoms with Crippen LogP contribution < -0.4 is 26.5 Å². The Hall–Kier alpha value is -7.12. The van der Waals surface area contributed by atoms with Gasteiger partial charge in [-0.2, -0.15) is 56.2 Å². The summed E-state index contributed by atoms with van der Waals surface area (Å²) >= 11 is 6.04. The van der Waals surface area contributed by atoms with Crippen LogP contribution in [0.4, 0.5) is 50.9 Å². The van der Waals surface area contributed by atoms with E-state index < -0.39 is 93.6 Å². The number of aldehydes is 1. The van der Waals surface area contributed by atoms with E-state index in [9.17, 15) is 57.8 Å². The van der Waals surface area contributed by atoms with Gasteiger partial charge in [0.05, 0.1) is 38.4 Å². The fourth-order valence-corrected chi connectivity index (χ4v) is 7.93. The molecular formula is C34H30BClFN14O14S4. The number of sulfone groups is 1. The van der Waals surface area contributed by atoms with Crippen molar-refractivity contribution in [2.24, 2.45) is 15.3 Å². The molecule has 0 saturated heterocycles. The van der Waals surface area contributed by atoms with Crippen molar-refractivity contribution in [3.8, 4) is 5.75 Å². The van der Waals surface area contributed by atoms with E-state index in [1.807, 2.05) is 0 Å². The number of nitrogens with zero attached hydrogens (tertiary/aromatic N) is 9. The van der Waals surface area contributed by atoms with Gasteiger partial charge >= 0.3 is 24.0 Å². The number of hydrogen-bond donors (Lipinski definition) is 11. The zero-order valence-corrected chi connectivity index (χ0v) is 38.0. The third kappa shape index (κ3) is 14.7. The molecule has 69 heavy (non-hydrogen) atoms. The van der Waals surface area contributed by atoms with Crippen LogP contribution in [-0.2, 0) is 34.5 Å². The minimum Gasteiger partial charge on any atom is -0.504 e. The molecule has 2 aromatic heterocycles. The van der Waals surface area contributed by atoms with Gasteiger partial charge in [-0.15, -0.1) is 10.2 Å². The van der Waals surface area contributed by atoms with E-state index in [0.29, 0.717) is 6.29 Å². The lowest BCUT2D eigenvalue weighted by Crippen LogP contribution is -2.21. The van der Waals surface area contributed by atoms with Crippen LogP contribution in [0.15, 0.2) is 115 Å². The number of benzene rings is 4. The molecule has 6 aromatic rings. The van der Waals surface area contributed by atoms with Crippen molar-refractivity contribution in [1.82, 2.24) is 29.9 Å². The summed E-state index contributed by atoms with van der Waals surface area (Å²) < 4.78 is 138. The molecule has 0 aliphatic rings. The number of phenols is 1. The van der Waals surface area contributed by atoms with Gasteiger partial charge < -0.3 is 39.9 Å². The van der Waals surface area contributed by atoms with Gasteiger partial charge in [-0.05, 0) is 66.2 Å². The fourth-order valence-electron chi connectivity index (χ4n) is 5.23. The van der Waals surface area contributed by atoms with E-state index in [0.717, 1.165) is 37.9 Å². The molecule has 2 heterocycles. The first-order chi connectivity index (χ1) is 32.5. The lowest BCUT2D eigenvalue weighted by Gasteiger charge is -2.19. The number of aromatic hydroxyl groups is 1. The van der Waals surface area contributed by atoms with E-state index in [2.05, 4.69) is 75.9 Å². The molecule has 361 valence electrons. The average Bonchev–Trinajstić information content (AvgIpc) is 3.26. The highest BCUT2D eigenvalue weighted by Gasteiger charge is 2.21. The smallest absolute Gasteiger partial charge is 0.397 e. The van der Waals surface area contributed by atoms with E-state index in [-0.39, 0.29) is 55.3 Å². The van der Waals surface area contributed by atoms with Crippen molar-refractivity contribution in [1.29, 1.82) is 0 Å². The fraction of sp³-hybridized carbons (Fsp3) is 0.0588. The molecule has 4 aromatic carbocycles. The van der Waals surface area contributed by atoms with Gasteiger partial charge in [0.1, 0.15) is 16.6 Å². The third-order valence-corrected chi connectivity index (χ3v) is 12.4. The standard InChI is InChI=1S/C34H30BClFN14O14S4/c36-29-40-31(38-20-7-10-21(11-8-20)66(54,55)13-12-65-69(62,63)64)44-33(41-29)46-35-47-34-43-30(37)42-32(45-34)39-25-15-23(68(59,60)61)16-26(27(25)53)49-51-28(18-4-2-1-3-5-18)50-48-24-14-22(67(56,57)58)9-6-19(24)17-52/h1-11,14-17,49,53,56-58H,12-13H2,(H,59,60,61)(H,62,63,64)(H2,38,40,41,44,46)(H2,39,42,43,45,47)/b50-48?,51-28-. The van der Waals surface area contributed by atoms with Crippen LogP contribution in [-0.4, -0.2) is 115 Å². The number of nitrogens with one attached hydrogen (secondary N) is 5. The number of hydrogen-bond acceptors (Lipinski definition) is 25. The Kier molecular flexibility index (Phi) is 15.9. The SMILES string of the molecule is O=Cc1ccc(S(O)(O)O)cc1N=N/C(=N\Nc1cc(S(=O)(=O)O)cc(Nc2nc(F)nc(N[B]Nc3nc(Cl)nc(Nc4ccc(S(=O)(=O)CCOS(=O)(=O)O)cc4)n3)n2)c1O)c1ccccc1. The van der Waals surface area contributed by atoms with Gasteiger partial charge in [0.15, 0.2) is 21.9 Å². The normalized spacial score (nSPS) is 12.6. The second-order valence-electron chi connectivity index (χ2n) is 13.1. The molecule has 11 N–H and O–H groups in total. The Bertz CT molecular complexity index is 3300. The molecule has 1 radical (unpaired) electrons. The summed E-state index contributed by atoms with van der Waals surface area (Å²) in [5, 5.41) is 33.2. The summed E-state index contributed by atoms with van der Waals surface area (Å²) in [6.45, 7) is -0.822. The maximum absolute atomic E-state index is 14.7. The summed E-state index contributed by atoms with van der Waals surface area (Å²) in [4.78, 5) is 33.2.